The summed E-state index contributed by atoms with van der Waals surface area (Å²) >= 11 is 4.87. The third-order valence-corrected chi connectivity index (χ3v) is 4.22. The Hall–Kier alpha value is -1.30. The van der Waals surface area contributed by atoms with Gasteiger partial charge in [-0.3, -0.25) is 0 Å². The van der Waals surface area contributed by atoms with Gasteiger partial charge in [0.2, 0.25) is 0 Å². The van der Waals surface area contributed by atoms with Gasteiger partial charge in [-0.15, -0.1) is 0 Å². The zero-order valence-electron chi connectivity index (χ0n) is 11.8. The minimum absolute atomic E-state index is 0.0246. The van der Waals surface area contributed by atoms with Crippen molar-refractivity contribution in [1.29, 1.82) is 0 Å². The van der Waals surface area contributed by atoms with Crippen LogP contribution in [0.1, 0.15) is 37.3 Å². The summed E-state index contributed by atoms with van der Waals surface area (Å²) in [7, 11) is 0. The van der Waals surface area contributed by atoms with Crippen LogP contribution in [-0.2, 0) is 6.18 Å². The van der Waals surface area contributed by atoms with Gasteiger partial charge in [0, 0.05) is 17.8 Å². The van der Waals surface area contributed by atoms with E-state index in [-0.39, 0.29) is 10.6 Å². The first-order valence-electron chi connectivity index (χ1n) is 7.02. The predicted octanol–water partition coefficient (Wildman–Crippen LogP) is 4.19. The van der Waals surface area contributed by atoms with Crippen LogP contribution >= 0.6 is 12.2 Å². The van der Waals surface area contributed by atoms with Gasteiger partial charge in [0.05, 0.1) is 5.56 Å². The van der Waals surface area contributed by atoms with E-state index in [0.717, 1.165) is 37.4 Å². The highest BCUT2D eigenvalue weighted by molar-refractivity contribution is 7.80. The van der Waals surface area contributed by atoms with E-state index in [1.54, 1.807) is 0 Å². The van der Waals surface area contributed by atoms with Crippen LogP contribution < -0.4 is 11.1 Å². The number of nitrogens with two attached hydrogens (primary N) is 1. The molecule has 2 unspecified atom stereocenters. The molecule has 0 saturated heterocycles. The third kappa shape index (κ3) is 4.09. The second-order valence-electron chi connectivity index (χ2n) is 5.79. The number of alkyl halides is 3. The van der Waals surface area contributed by atoms with Crippen molar-refractivity contribution >= 4 is 22.9 Å². The topological polar surface area (TPSA) is 38.0 Å². The zero-order valence-corrected chi connectivity index (χ0v) is 12.7. The lowest BCUT2D eigenvalue weighted by Gasteiger charge is -2.17. The number of thiocarbonyl (C=S) groups is 1. The second kappa shape index (κ2) is 6.22. The van der Waals surface area contributed by atoms with Crippen molar-refractivity contribution in [3.63, 3.8) is 0 Å². The van der Waals surface area contributed by atoms with Crippen LogP contribution in [0.4, 0.5) is 18.9 Å². The number of anilines is 1. The van der Waals surface area contributed by atoms with Gasteiger partial charge in [-0.05, 0) is 42.9 Å². The summed E-state index contributed by atoms with van der Waals surface area (Å²) < 4.78 is 38.2. The van der Waals surface area contributed by atoms with Crippen LogP contribution in [0.2, 0.25) is 0 Å². The number of benzene rings is 1. The van der Waals surface area contributed by atoms with E-state index >= 15 is 0 Å². The number of hydrogen-bond donors (Lipinski definition) is 2. The highest BCUT2D eigenvalue weighted by Gasteiger charge is 2.31. The largest absolute Gasteiger partial charge is 0.416 e. The molecule has 2 rings (SSSR count). The zero-order chi connectivity index (χ0) is 15.6. The van der Waals surface area contributed by atoms with Crippen molar-refractivity contribution in [2.45, 2.75) is 32.4 Å². The lowest BCUT2D eigenvalue weighted by atomic mass is 10.0. The van der Waals surface area contributed by atoms with E-state index in [1.807, 2.05) is 0 Å². The molecule has 1 aromatic rings. The van der Waals surface area contributed by atoms with Gasteiger partial charge in [-0.25, -0.2) is 0 Å². The van der Waals surface area contributed by atoms with Crippen LogP contribution in [0, 0.1) is 11.8 Å². The predicted molar refractivity (Wildman–Crippen MR) is 82.3 cm³/mol. The Kier molecular flexibility index (Phi) is 4.76. The molecular weight excluding hydrogens is 297 g/mol. The average Bonchev–Trinajstić information content (AvgIpc) is 2.80. The molecule has 0 radical (unpaired) electrons. The van der Waals surface area contributed by atoms with E-state index in [2.05, 4.69) is 12.2 Å². The van der Waals surface area contributed by atoms with Gasteiger partial charge in [-0.1, -0.05) is 25.6 Å². The summed E-state index contributed by atoms with van der Waals surface area (Å²) in [6.07, 6.45) is -0.881. The Morgan fingerprint density at radius 1 is 1.38 bits per heavy atom. The molecule has 0 spiro atoms. The van der Waals surface area contributed by atoms with Crippen LogP contribution in [0.15, 0.2) is 18.2 Å². The summed E-state index contributed by atoms with van der Waals surface area (Å²) in [5.74, 6) is 1.28. The molecule has 2 atom stereocenters. The summed E-state index contributed by atoms with van der Waals surface area (Å²) in [4.78, 5) is -0.0246. The maximum absolute atomic E-state index is 12.7. The molecule has 1 saturated carbocycles. The van der Waals surface area contributed by atoms with E-state index in [0.29, 0.717) is 11.6 Å². The Morgan fingerprint density at radius 3 is 2.62 bits per heavy atom. The highest BCUT2D eigenvalue weighted by Crippen LogP contribution is 2.33. The fourth-order valence-corrected chi connectivity index (χ4v) is 3.01. The number of nitrogens with one attached hydrogen (secondary N) is 1. The third-order valence-electron chi connectivity index (χ3n) is 4.00. The maximum Gasteiger partial charge on any atom is 0.416 e. The molecule has 0 heterocycles. The lowest BCUT2D eigenvalue weighted by Crippen LogP contribution is -2.18. The first kappa shape index (κ1) is 16.1. The van der Waals surface area contributed by atoms with Crippen molar-refractivity contribution in [2.24, 2.45) is 17.6 Å². The molecular formula is C15H19F3N2S. The van der Waals surface area contributed by atoms with Crippen molar-refractivity contribution in [3.05, 3.63) is 29.3 Å². The van der Waals surface area contributed by atoms with Gasteiger partial charge >= 0.3 is 6.18 Å². The molecule has 1 fully saturated rings. The molecule has 0 bridgehead atoms. The van der Waals surface area contributed by atoms with Gasteiger partial charge in [0.1, 0.15) is 4.99 Å². The van der Waals surface area contributed by atoms with Crippen LogP contribution in [-0.4, -0.2) is 11.5 Å². The molecule has 0 aliphatic heterocycles. The van der Waals surface area contributed by atoms with E-state index in [1.165, 1.54) is 12.5 Å². The van der Waals surface area contributed by atoms with E-state index in [9.17, 15) is 13.2 Å². The monoisotopic (exact) mass is 316 g/mol. The fourth-order valence-electron chi connectivity index (χ4n) is 2.84. The van der Waals surface area contributed by atoms with Crippen LogP contribution in [0.3, 0.4) is 0 Å². The molecule has 1 aliphatic rings. The summed E-state index contributed by atoms with van der Waals surface area (Å²) in [6.45, 7) is 2.96. The molecule has 2 nitrogen and oxygen atoms in total. The molecule has 0 amide bonds. The molecule has 1 aromatic carbocycles. The normalized spacial score (nSPS) is 22.3. The van der Waals surface area contributed by atoms with Crippen LogP contribution in [0.25, 0.3) is 0 Å². The van der Waals surface area contributed by atoms with E-state index in [4.69, 9.17) is 18.0 Å². The Bertz CT molecular complexity index is 528. The maximum atomic E-state index is 12.7. The van der Waals surface area contributed by atoms with Gasteiger partial charge in [-0.2, -0.15) is 13.2 Å². The first-order valence-corrected chi connectivity index (χ1v) is 7.43. The molecule has 1 aliphatic carbocycles. The Morgan fingerprint density at radius 2 is 2.10 bits per heavy atom. The van der Waals surface area contributed by atoms with Crippen LogP contribution in [0.5, 0.6) is 0 Å². The van der Waals surface area contributed by atoms with Gasteiger partial charge in [0.25, 0.3) is 0 Å². The second-order valence-corrected chi connectivity index (χ2v) is 6.23. The summed E-state index contributed by atoms with van der Waals surface area (Å²) in [5, 5.41) is 3.20. The van der Waals surface area contributed by atoms with Crippen molar-refractivity contribution in [1.82, 2.24) is 0 Å². The Labute approximate surface area is 127 Å². The quantitative estimate of drug-likeness (QED) is 0.818. The smallest absolute Gasteiger partial charge is 0.389 e. The summed E-state index contributed by atoms with van der Waals surface area (Å²) in [5.41, 5.74) is 5.66. The SMILES string of the molecule is CC1CCC(CNc2ccc(C(F)(F)F)cc2C(N)=S)C1. The summed E-state index contributed by atoms with van der Waals surface area (Å²) in [6, 6.07) is 3.49. The molecule has 116 valence electrons. The standard InChI is InChI=1S/C15H19F3N2S/c1-9-2-3-10(6-9)8-20-13-5-4-11(15(16,17)18)7-12(13)14(19)21/h4-5,7,9-10,20H,2-3,6,8H2,1H3,(H2,19,21). The average molecular weight is 316 g/mol. The Balaban J connectivity index is 2.13. The highest BCUT2D eigenvalue weighted by atomic mass is 32.1. The number of halogens is 3. The fraction of sp³-hybridized carbons (Fsp3) is 0.533. The van der Waals surface area contributed by atoms with Gasteiger partial charge in [0.15, 0.2) is 0 Å². The minimum Gasteiger partial charge on any atom is -0.389 e. The number of hydrogen-bond acceptors (Lipinski definition) is 2. The van der Waals surface area contributed by atoms with Crippen molar-refractivity contribution < 1.29 is 13.2 Å². The molecule has 6 heteroatoms. The lowest BCUT2D eigenvalue weighted by molar-refractivity contribution is -0.137. The van der Waals surface area contributed by atoms with Crippen molar-refractivity contribution in [3.8, 4) is 0 Å². The minimum atomic E-state index is -4.39. The molecule has 21 heavy (non-hydrogen) atoms. The van der Waals surface area contributed by atoms with Gasteiger partial charge < -0.3 is 11.1 Å². The molecule has 3 N–H and O–H groups in total. The number of rotatable bonds is 4. The van der Waals surface area contributed by atoms with Crippen molar-refractivity contribution in [2.75, 3.05) is 11.9 Å². The first-order chi connectivity index (χ1) is 9.77. The van der Waals surface area contributed by atoms with E-state index < -0.39 is 11.7 Å². The molecule has 0 aromatic heterocycles.